The fraction of sp³-hybridized carbons (Fsp3) is 0.923. The normalized spacial score (nSPS) is 17.4. The van der Waals surface area contributed by atoms with E-state index in [9.17, 15) is 4.79 Å². The van der Waals surface area contributed by atoms with Crippen LogP contribution < -0.4 is 0 Å². The molecule has 3 heteroatoms. The van der Waals surface area contributed by atoms with Gasteiger partial charge in [-0.2, -0.15) is 0 Å². The summed E-state index contributed by atoms with van der Waals surface area (Å²) in [4.78, 5) is 13.7. The van der Waals surface area contributed by atoms with E-state index in [1.165, 1.54) is 0 Å². The number of carbonyl (C=O) groups is 1. The molecule has 0 N–H and O–H groups in total. The SMILES string of the molecule is CCCCN(C)C(=O)CCC1CCOCC1. The lowest BCUT2D eigenvalue weighted by molar-refractivity contribution is -0.130. The fourth-order valence-corrected chi connectivity index (χ4v) is 2.07. The molecule has 1 heterocycles. The Labute approximate surface area is 99.1 Å². The fourth-order valence-electron chi connectivity index (χ4n) is 2.07. The summed E-state index contributed by atoms with van der Waals surface area (Å²) in [6.07, 6.45) is 6.28. The van der Waals surface area contributed by atoms with E-state index in [-0.39, 0.29) is 0 Å². The minimum Gasteiger partial charge on any atom is -0.381 e. The van der Waals surface area contributed by atoms with Crippen molar-refractivity contribution < 1.29 is 9.53 Å². The highest BCUT2D eigenvalue weighted by molar-refractivity contribution is 5.75. The first kappa shape index (κ1) is 13.5. The molecule has 0 spiro atoms. The van der Waals surface area contributed by atoms with Crippen LogP contribution in [-0.2, 0) is 9.53 Å². The molecule has 0 aromatic heterocycles. The number of amides is 1. The van der Waals surface area contributed by atoms with E-state index < -0.39 is 0 Å². The zero-order chi connectivity index (χ0) is 11.8. The predicted molar refractivity (Wildman–Crippen MR) is 65.3 cm³/mol. The average molecular weight is 227 g/mol. The Morgan fingerprint density at radius 2 is 2.06 bits per heavy atom. The zero-order valence-corrected chi connectivity index (χ0v) is 10.7. The van der Waals surface area contributed by atoms with Crippen molar-refractivity contribution in [3.63, 3.8) is 0 Å². The highest BCUT2D eigenvalue weighted by atomic mass is 16.5. The van der Waals surface area contributed by atoms with Crippen molar-refractivity contribution in [2.75, 3.05) is 26.8 Å². The number of rotatable bonds is 6. The van der Waals surface area contributed by atoms with Crippen LogP contribution in [0.25, 0.3) is 0 Å². The smallest absolute Gasteiger partial charge is 0.222 e. The molecule has 1 rings (SSSR count). The molecule has 3 nitrogen and oxygen atoms in total. The third kappa shape index (κ3) is 4.97. The molecule has 0 aromatic rings. The van der Waals surface area contributed by atoms with E-state index in [0.29, 0.717) is 18.2 Å². The molecule has 0 radical (unpaired) electrons. The summed E-state index contributed by atoms with van der Waals surface area (Å²) in [5.74, 6) is 1.01. The molecule has 1 amide bonds. The second-order valence-electron chi connectivity index (χ2n) is 4.76. The van der Waals surface area contributed by atoms with E-state index in [0.717, 1.165) is 51.9 Å². The van der Waals surface area contributed by atoms with Crippen molar-refractivity contribution in [1.82, 2.24) is 4.90 Å². The maximum Gasteiger partial charge on any atom is 0.222 e. The summed E-state index contributed by atoms with van der Waals surface area (Å²) in [7, 11) is 1.92. The third-order valence-corrected chi connectivity index (χ3v) is 3.38. The highest BCUT2D eigenvalue weighted by Gasteiger charge is 2.16. The lowest BCUT2D eigenvalue weighted by Crippen LogP contribution is -2.28. The lowest BCUT2D eigenvalue weighted by Gasteiger charge is -2.23. The van der Waals surface area contributed by atoms with Gasteiger partial charge in [-0.1, -0.05) is 13.3 Å². The molecular formula is C13H25NO2. The first-order valence-electron chi connectivity index (χ1n) is 6.55. The Morgan fingerprint density at radius 1 is 1.38 bits per heavy atom. The van der Waals surface area contributed by atoms with Crippen molar-refractivity contribution in [3.05, 3.63) is 0 Å². The van der Waals surface area contributed by atoms with Gasteiger partial charge >= 0.3 is 0 Å². The molecule has 94 valence electrons. The second kappa shape index (κ2) is 7.66. The number of unbranched alkanes of at least 4 members (excludes halogenated alkanes) is 1. The van der Waals surface area contributed by atoms with Gasteiger partial charge in [0.1, 0.15) is 0 Å². The van der Waals surface area contributed by atoms with Crippen LogP contribution >= 0.6 is 0 Å². The van der Waals surface area contributed by atoms with Gasteiger partial charge in [0.2, 0.25) is 5.91 Å². The monoisotopic (exact) mass is 227 g/mol. The van der Waals surface area contributed by atoms with E-state index >= 15 is 0 Å². The Hall–Kier alpha value is -0.570. The van der Waals surface area contributed by atoms with E-state index in [4.69, 9.17) is 4.74 Å². The summed E-state index contributed by atoms with van der Waals surface area (Å²) < 4.78 is 5.31. The Bertz CT molecular complexity index is 200. The van der Waals surface area contributed by atoms with Gasteiger partial charge in [-0.05, 0) is 31.6 Å². The first-order valence-corrected chi connectivity index (χ1v) is 6.55. The predicted octanol–water partition coefficient (Wildman–Crippen LogP) is 2.45. The van der Waals surface area contributed by atoms with Crippen LogP contribution in [0, 0.1) is 5.92 Å². The highest BCUT2D eigenvalue weighted by Crippen LogP contribution is 2.20. The van der Waals surface area contributed by atoms with Gasteiger partial charge in [0, 0.05) is 33.2 Å². The minimum absolute atomic E-state index is 0.306. The largest absolute Gasteiger partial charge is 0.381 e. The molecule has 16 heavy (non-hydrogen) atoms. The van der Waals surface area contributed by atoms with Crippen molar-refractivity contribution in [1.29, 1.82) is 0 Å². The van der Waals surface area contributed by atoms with Gasteiger partial charge in [-0.25, -0.2) is 0 Å². The number of nitrogens with zero attached hydrogens (tertiary/aromatic N) is 1. The maximum atomic E-state index is 11.8. The Kier molecular flexibility index (Phi) is 6.46. The Balaban J connectivity index is 2.12. The van der Waals surface area contributed by atoms with Crippen molar-refractivity contribution in [2.24, 2.45) is 5.92 Å². The standard InChI is InChI=1S/C13H25NO2/c1-3-4-9-14(2)13(15)6-5-12-7-10-16-11-8-12/h12H,3-11H2,1-2H3. The zero-order valence-electron chi connectivity index (χ0n) is 10.7. The summed E-state index contributed by atoms with van der Waals surface area (Å²) in [5.41, 5.74) is 0. The van der Waals surface area contributed by atoms with Gasteiger partial charge in [0.25, 0.3) is 0 Å². The quantitative estimate of drug-likeness (QED) is 0.697. The molecule has 0 aromatic carbocycles. The van der Waals surface area contributed by atoms with Gasteiger partial charge in [-0.3, -0.25) is 4.79 Å². The molecule has 0 aliphatic carbocycles. The van der Waals surface area contributed by atoms with Crippen molar-refractivity contribution in [2.45, 2.75) is 45.4 Å². The van der Waals surface area contributed by atoms with Crippen LogP contribution in [0.5, 0.6) is 0 Å². The number of carbonyl (C=O) groups excluding carboxylic acids is 1. The van der Waals surface area contributed by atoms with Gasteiger partial charge in [-0.15, -0.1) is 0 Å². The summed E-state index contributed by atoms with van der Waals surface area (Å²) >= 11 is 0. The molecule has 0 bridgehead atoms. The van der Waals surface area contributed by atoms with Gasteiger partial charge in [0.15, 0.2) is 0 Å². The molecule has 1 aliphatic heterocycles. The number of hydrogen-bond donors (Lipinski definition) is 0. The van der Waals surface area contributed by atoms with Gasteiger partial charge in [0.05, 0.1) is 0 Å². The van der Waals surface area contributed by atoms with Crippen LogP contribution in [0.1, 0.15) is 45.4 Å². The first-order chi connectivity index (χ1) is 7.74. The third-order valence-electron chi connectivity index (χ3n) is 3.38. The topological polar surface area (TPSA) is 29.5 Å². The van der Waals surface area contributed by atoms with Crippen LogP contribution in [0.4, 0.5) is 0 Å². The van der Waals surface area contributed by atoms with Crippen LogP contribution in [-0.4, -0.2) is 37.6 Å². The lowest BCUT2D eigenvalue weighted by atomic mass is 9.95. The van der Waals surface area contributed by atoms with E-state index in [1.54, 1.807) is 0 Å². The van der Waals surface area contributed by atoms with Crippen molar-refractivity contribution in [3.8, 4) is 0 Å². The average Bonchev–Trinajstić information content (AvgIpc) is 2.34. The van der Waals surface area contributed by atoms with Crippen LogP contribution in [0.2, 0.25) is 0 Å². The summed E-state index contributed by atoms with van der Waals surface area (Å²) in [5, 5.41) is 0. The number of ether oxygens (including phenoxy) is 1. The van der Waals surface area contributed by atoms with Crippen LogP contribution in [0.15, 0.2) is 0 Å². The molecule has 1 fully saturated rings. The molecule has 0 atom stereocenters. The molecule has 0 unspecified atom stereocenters. The van der Waals surface area contributed by atoms with Crippen molar-refractivity contribution >= 4 is 5.91 Å². The molecule has 0 saturated carbocycles. The number of hydrogen-bond acceptors (Lipinski definition) is 2. The summed E-state index contributed by atoms with van der Waals surface area (Å²) in [6, 6.07) is 0. The minimum atomic E-state index is 0.306. The van der Waals surface area contributed by atoms with E-state index in [1.807, 2.05) is 11.9 Å². The summed E-state index contributed by atoms with van der Waals surface area (Å²) in [6.45, 7) is 4.82. The molecule has 1 aliphatic rings. The van der Waals surface area contributed by atoms with Gasteiger partial charge < -0.3 is 9.64 Å². The van der Waals surface area contributed by atoms with E-state index in [2.05, 4.69) is 6.92 Å². The molecule has 1 saturated heterocycles. The maximum absolute atomic E-state index is 11.8. The Morgan fingerprint density at radius 3 is 2.69 bits per heavy atom. The van der Waals surface area contributed by atoms with Crippen LogP contribution in [0.3, 0.4) is 0 Å². The molecular weight excluding hydrogens is 202 g/mol. The second-order valence-corrected chi connectivity index (χ2v) is 4.76.